The van der Waals surface area contributed by atoms with E-state index in [4.69, 9.17) is 11.1 Å². The monoisotopic (exact) mass is 232 g/mol. The van der Waals surface area contributed by atoms with Crippen LogP contribution in [0.3, 0.4) is 0 Å². The van der Waals surface area contributed by atoms with Crippen LogP contribution >= 0.6 is 0 Å². The summed E-state index contributed by atoms with van der Waals surface area (Å²) in [5.74, 6) is 0.103. The molecule has 1 aromatic rings. The average Bonchev–Trinajstić information content (AvgIpc) is 2.24. The van der Waals surface area contributed by atoms with Gasteiger partial charge in [0.05, 0.1) is 6.04 Å². The Morgan fingerprint density at radius 3 is 2.59 bits per heavy atom. The van der Waals surface area contributed by atoms with Crippen molar-refractivity contribution < 1.29 is 4.79 Å². The highest BCUT2D eigenvalue weighted by Gasteiger charge is 2.23. The summed E-state index contributed by atoms with van der Waals surface area (Å²) in [5, 5.41) is 13.2. The van der Waals surface area contributed by atoms with Gasteiger partial charge in [-0.1, -0.05) is 24.3 Å². The molecule has 5 N–H and O–H groups in total. The van der Waals surface area contributed by atoms with Crippen LogP contribution in [0.25, 0.3) is 0 Å². The number of amides is 1. The molecule has 0 saturated carbocycles. The van der Waals surface area contributed by atoms with E-state index >= 15 is 0 Å². The molecule has 17 heavy (non-hydrogen) atoms. The van der Waals surface area contributed by atoms with E-state index in [1.54, 1.807) is 12.1 Å². The van der Waals surface area contributed by atoms with Crippen LogP contribution in [0, 0.1) is 5.41 Å². The van der Waals surface area contributed by atoms with Crippen molar-refractivity contribution in [3.8, 4) is 0 Å². The van der Waals surface area contributed by atoms with Crippen molar-refractivity contribution in [1.29, 1.82) is 5.41 Å². The van der Waals surface area contributed by atoms with Gasteiger partial charge in [0, 0.05) is 12.1 Å². The number of hydrogen-bond donors (Lipinski definition) is 4. The molecule has 1 saturated heterocycles. The zero-order chi connectivity index (χ0) is 12.3. The van der Waals surface area contributed by atoms with E-state index in [1.165, 1.54) is 0 Å². The summed E-state index contributed by atoms with van der Waals surface area (Å²) in [6.07, 6.45) is 0.912. The third kappa shape index (κ3) is 2.82. The lowest BCUT2D eigenvalue weighted by Gasteiger charge is -2.26. The highest BCUT2D eigenvalue weighted by Crippen LogP contribution is 2.05. The molecule has 1 atom stereocenters. The first-order chi connectivity index (χ1) is 8.16. The normalized spacial score (nSPS) is 18.2. The maximum atomic E-state index is 11.5. The molecule has 1 fully saturated rings. The van der Waals surface area contributed by atoms with Crippen LogP contribution in [0.2, 0.25) is 0 Å². The summed E-state index contributed by atoms with van der Waals surface area (Å²) in [7, 11) is 0. The summed E-state index contributed by atoms with van der Waals surface area (Å²) in [6.45, 7) is 1.43. The molecule has 1 aliphatic rings. The fourth-order valence-electron chi connectivity index (χ4n) is 1.63. The van der Waals surface area contributed by atoms with E-state index in [-0.39, 0.29) is 17.8 Å². The van der Waals surface area contributed by atoms with Gasteiger partial charge in [0.2, 0.25) is 5.91 Å². The third-order valence-electron chi connectivity index (χ3n) is 2.87. The molecule has 2 rings (SSSR count). The number of nitrogen functional groups attached to an aromatic ring is 1. The minimum atomic E-state index is -0.0218. The molecule has 1 unspecified atom stereocenters. The van der Waals surface area contributed by atoms with Crippen molar-refractivity contribution >= 4 is 11.7 Å². The number of benzene rings is 1. The van der Waals surface area contributed by atoms with Gasteiger partial charge in [-0.05, 0) is 18.5 Å². The molecule has 0 spiro atoms. The number of hydrogen-bond acceptors (Lipinski definition) is 3. The van der Waals surface area contributed by atoms with Crippen molar-refractivity contribution in [3.63, 3.8) is 0 Å². The van der Waals surface area contributed by atoms with E-state index in [2.05, 4.69) is 10.6 Å². The molecule has 5 nitrogen and oxygen atoms in total. The Hall–Kier alpha value is -1.88. The molecule has 1 aromatic carbocycles. The van der Waals surface area contributed by atoms with E-state index in [0.29, 0.717) is 12.1 Å². The zero-order valence-electron chi connectivity index (χ0n) is 9.49. The molecule has 1 aliphatic heterocycles. The van der Waals surface area contributed by atoms with Gasteiger partial charge in [0.25, 0.3) is 0 Å². The van der Waals surface area contributed by atoms with Crippen LogP contribution in [0.5, 0.6) is 0 Å². The highest BCUT2D eigenvalue weighted by molar-refractivity contribution is 5.94. The zero-order valence-corrected chi connectivity index (χ0v) is 9.49. The first kappa shape index (κ1) is 11.6. The van der Waals surface area contributed by atoms with Gasteiger partial charge < -0.3 is 16.4 Å². The summed E-state index contributed by atoms with van der Waals surface area (Å²) < 4.78 is 0. The van der Waals surface area contributed by atoms with Gasteiger partial charge >= 0.3 is 0 Å². The Morgan fingerprint density at radius 1 is 1.47 bits per heavy atom. The summed E-state index contributed by atoms with van der Waals surface area (Å²) in [6, 6.07) is 7.28. The number of nitrogens with two attached hydrogens (primary N) is 1. The fourth-order valence-corrected chi connectivity index (χ4v) is 1.63. The average molecular weight is 232 g/mol. The lowest BCUT2D eigenvalue weighted by atomic mass is 10.1. The fraction of sp³-hybridized carbons (Fsp3) is 0.333. The quantitative estimate of drug-likeness (QED) is 0.433. The molecular formula is C12H16N4O. The lowest BCUT2D eigenvalue weighted by Crippen LogP contribution is -2.52. The molecule has 0 bridgehead atoms. The first-order valence-corrected chi connectivity index (χ1v) is 5.61. The molecule has 5 heteroatoms. The summed E-state index contributed by atoms with van der Waals surface area (Å²) >= 11 is 0. The SMILES string of the molecule is N=C(N)c1ccc(CNC(=O)C2CCN2)cc1. The number of carbonyl (C=O) groups excluding carboxylic acids is 1. The van der Waals surface area contributed by atoms with Crippen LogP contribution in [0.15, 0.2) is 24.3 Å². The predicted molar refractivity (Wildman–Crippen MR) is 65.7 cm³/mol. The molecule has 0 radical (unpaired) electrons. The van der Waals surface area contributed by atoms with E-state index < -0.39 is 0 Å². The number of nitrogens with one attached hydrogen (secondary N) is 3. The molecule has 90 valence electrons. The second-order valence-corrected chi connectivity index (χ2v) is 4.12. The summed E-state index contributed by atoms with van der Waals surface area (Å²) in [5.41, 5.74) is 7.05. The molecule has 0 aromatic heterocycles. The topological polar surface area (TPSA) is 91.0 Å². The molecule has 1 heterocycles. The minimum absolute atomic E-state index is 0.0218. The standard InChI is InChI=1S/C12H16N4O/c13-11(14)9-3-1-8(2-4-9)7-16-12(17)10-5-6-15-10/h1-4,10,15H,5-7H2,(H3,13,14)(H,16,17). The number of carbonyl (C=O) groups is 1. The third-order valence-corrected chi connectivity index (χ3v) is 2.87. The van der Waals surface area contributed by atoms with Gasteiger partial charge in [0.15, 0.2) is 0 Å². The molecule has 0 aliphatic carbocycles. The van der Waals surface area contributed by atoms with Crippen molar-refractivity contribution in [1.82, 2.24) is 10.6 Å². The van der Waals surface area contributed by atoms with Gasteiger partial charge in [0.1, 0.15) is 5.84 Å². The molecular weight excluding hydrogens is 216 g/mol. The van der Waals surface area contributed by atoms with Gasteiger partial charge in [-0.2, -0.15) is 0 Å². The second kappa shape index (κ2) is 4.97. The predicted octanol–water partition coefficient (Wildman–Crippen LogP) is -0.0512. The van der Waals surface area contributed by atoms with E-state index in [0.717, 1.165) is 18.5 Å². The van der Waals surface area contributed by atoms with Crippen molar-refractivity contribution in [2.75, 3.05) is 6.54 Å². The van der Waals surface area contributed by atoms with Crippen LogP contribution < -0.4 is 16.4 Å². The smallest absolute Gasteiger partial charge is 0.237 e. The van der Waals surface area contributed by atoms with E-state index in [1.807, 2.05) is 12.1 Å². The number of amidine groups is 1. The van der Waals surface area contributed by atoms with Crippen molar-refractivity contribution in [3.05, 3.63) is 35.4 Å². The largest absolute Gasteiger partial charge is 0.384 e. The van der Waals surface area contributed by atoms with Crippen LogP contribution in [0.1, 0.15) is 17.5 Å². The van der Waals surface area contributed by atoms with E-state index in [9.17, 15) is 4.79 Å². The van der Waals surface area contributed by atoms with Gasteiger partial charge in [-0.15, -0.1) is 0 Å². The number of rotatable bonds is 4. The Bertz CT molecular complexity index is 423. The maximum absolute atomic E-state index is 11.5. The Morgan fingerprint density at radius 2 is 2.12 bits per heavy atom. The van der Waals surface area contributed by atoms with Crippen LogP contribution in [0.4, 0.5) is 0 Å². The lowest BCUT2D eigenvalue weighted by molar-refractivity contribution is -0.124. The van der Waals surface area contributed by atoms with Crippen LogP contribution in [-0.4, -0.2) is 24.3 Å². The molecule has 1 amide bonds. The summed E-state index contributed by atoms with van der Waals surface area (Å²) in [4.78, 5) is 11.5. The first-order valence-electron chi connectivity index (χ1n) is 5.61. The van der Waals surface area contributed by atoms with Crippen molar-refractivity contribution in [2.24, 2.45) is 5.73 Å². The Kier molecular flexibility index (Phi) is 3.39. The Balaban J connectivity index is 1.86. The second-order valence-electron chi connectivity index (χ2n) is 4.12. The highest BCUT2D eigenvalue weighted by atomic mass is 16.2. The van der Waals surface area contributed by atoms with Gasteiger partial charge in [-0.25, -0.2) is 0 Å². The minimum Gasteiger partial charge on any atom is -0.384 e. The van der Waals surface area contributed by atoms with Crippen LogP contribution in [-0.2, 0) is 11.3 Å². The van der Waals surface area contributed by atoms with Crippen molar-refractivity contribution in [2.45, 2.75) is 19.0 Å². The maximum Gasteiger partial charge on any atom is 0.237 e. The van der Waals surface area contributed by atoms with Gasteiger partial charge in [-0.3, -0.25) is 10.2 Å². The Labute approximate surface area is 99.9 Å².